The highest BCUT2D eigenvalue weighted by molar-refractivity contribution is 6.03. The Morgan fingerprint density at radius 2 is 1.86 bits per heavy atom. The molecule has 22 heavy (non-hydrogen) atoms. The van der Waals surface area contributed by atoms with Crippen molar-refractivity contribution in [3.05, 3.63) is 47.4 Å². The average Bonchev–Trinajstić information content (AvgIpc) is 2.48. The Morgan fingerprint density at radius 1 is 1.18 bits per heavy atom. The topological polar surface area (TPSA) is 66.9 Å². The molecule has 0 bridgehead atoms. The van der Waals surface area contributed by atoms with Crippen molar-refractivity contribution in [2.75, 3.05) is 10.6 Å². The van der Waals surface area contributed by atoms with Crippen LogP contribution < -0.4 is 10.6 Å². The van der Waals surface area contributed by atoms with Gasteiger partial charge in [-0.15, -0.1) is 0 Å². The highest BCUT2D eigenvalue weighted by atomic mass is 16.1. The fourth-order valence-corrected chi connectivity index (χ4v) is 1.94. The molecule has 0 aliphatic rings. The quantitative estimate of drug-likeness (QED) is 0.885. The van der Waals surface area contributed by atoms with Gasteiger partial charge in [0, 0.05) is 17.8 Å². The zero-order chi connectivity index (χ0) is 16.1. The molecule has 1 atom stereocenters. The summed E-state index contributed by atoms with van der Waals surface area (Å²) in [7, 11) is 0. The van der Waals surface area contributed by atoms with Crippen molar-refractivity contribution < 1.29 is 4.79 Å². The first-order valence-corrected chi connectivity index (χ1v) is 7.48. The number of hydrogen-bond donors (Lipinski definition) is 2. The minimum Gasteiger partial charge on any atom is -0.368 e. The first kappa shape index (κ1) is 15.9. The van der Waals surface area contributed by atoms with Gasteiger partial charge in [0.25, 0.3) is 5.91 Å². The van der Waals surface area contributed by atoms with E-state index < -0.39 is 0 Å². The number of nitrogens with zero attached hydrogens (tertiary/aromatic N) is 2. The third-order valence-electron chi connectivity index (χ3n) is 3.39. The first-order valence-electron chi connectivity index (χ1n) is 7.48. The molecule has 116 valence electrons. The molecule has 0 saturated carbocycles. The Hall–Kier alpha value is -2.43. The van der Waals surface area contributed by atoms with E-state index in [1.54, 1.807) is 13.0 Å². The molecule has 0 fully saturated rings. The van der Waals surface area contributed by atoms with E-state index in [1.165, 1.54) is 0 Å². The number of carbonyl (C=O) groups is 1. The lowest BCUT2D eigenvalue weighted by Crippen LogP contribution is -2.18. The summed E-state index contributed by atoms with van der Waals surface area (Å²) in [6, 6.07) is 9.64. The predicted molar refractivity (Wildman–Crippen MR) is 89.3 cm³/mol. The van der Waals surface area contributed by atoms with E-state index in [9.17, 15) is 4.79 Å². The standard InChI is InChI=1S/C17H22N4O/c1-5-12(3)18-16-10-15(19-13(4)20-16)17(22)21-14-8-6-11(2)7-9-14/h6-10,12H,5H2,1-4H3,(H,21,22)(H,18,19,20). The van der Waals surface area contributed by atoms with E-state index in [1.807, 2.05) is 31.2 Å². The van der Waals surface area contributed by atoms with Crippen LogP contribution in [0, 0.1) is 13.8 Å². The molecular formula is C17H22N4O. The summed E-state index contributed by atoms with van der Waals surface area (Å²) in [5, 5.41) is 6.12. The Balaban J connectivity index is 2.16. The van der Waals surface area contributed by atoms with Crippen LogP contribution in [0.5, 0.6) is 0 Å². The third kappa shape index (κ3) is 4.28. The van der Waals surface area contributed by atoms with E-state index >= 15 is 0 Å². The number of benzene rings is 1. The largest absolute Gasteiger partial charge is 0.368 e. The van der Waals surface area contributed by atoms with E-state index in [4.69, 9.17) is 0 Å². The first-order chi connectivity index (χ1) is 10.5. The SMILES string of the molecule is CCC(C)Nc1cc(C(=O)Nc2ccc(C)cc2)nc(C)n1. The number of aromatic nitrogens is 2. The molecule has 1 unspecified atom stereocenters. The summed E-state index contributed by atoms with van der Waals surface area (Å²) in [6.45, 7) is 7.96. The van der Waals surface area contributed by atoms with E-state index in [0.29, 0.717) is 23.4 Å². The van der Waals surface area contributed by atoms with E-state index in [2.05, 4.69) is 34.4 Å². The predicted octanol–water partition coefficient (Wildman–Crippen LogP) is 3.56. The maximum atomic E-state index is 12.3. The Labute approximate surface area is 131 Å². The molecule has 2 N–H and O–H groups in total. The fourth-order valence-electron chi connectivity index (χ4n) is 1.94. The third-order valence-corrected chi connectivity index (χ3v) is 3.39. The van der Waals surface area contributed by atoms with Crippen LogP contribution in [0.15, 0.2) is 30.3 Å². The molecule has 1 heterocycles. The van der Waals surface area contributed by atoms with Gasteiger partial charge in [-0.1, -0.05) is 24.6 Å². The Bertz CT molecular complexity index is 652. The molecule has 0 radical (unpaired) electrons. The zero-order valence-electron chi connectivity index (χ0n) is 13.5. The molecule has 0 aliphatic heterocycles. The van der Waals surface area contributed by atoms with Crippen LogP contribution in [0.3, 0.4) is 0 Å². The Morgan fingerprint density at radius 3 is 2.50 bits per heavy atom. The van der Waals surface area contributed by atoms with Gasteiger partial charge < -0.3 is 10.6 Å². The van der Waals surface area contributed by atoms with Crippen molar-refractivity contribution in [1.29, 1.82) is 0 Å². The zero-order valence-corrected chi connectivity index (χ0v) is 13.5. The summed E-state index contributed by atoms with van der Waals surface area (Å²) < 4.78 is 0. The molecule has 1 aromatic carbocycles. The number of anilines is 2. The summed E-state index contributed by atoms with van der Waals surface area (Å²) in [4.78, 5) is 20.9. The lowest BCUT2D eigenvalue weighted by molar-refractivity contribution is 0.102. The second-order valence-corrected chi connectivity index (χ2v) is 5.46. The minimum absolute atomic E-state index is 0.235. The molecule has 0 saturated heterocycles. The van der Waals surface area contributed by atoms with Gasteiger partial charge in [-0.05, 0) is 39.3 Å². The van der Waals surface area contributed by atoms with Gasteiger partial charge >= 0.3 is 0 Å². The summed E-state index contributed by atoms with van der Waals surface area (Å²) in [6.07, 6.45) is 0.980. The van der Waals surface area contributed by atoms with Gasteiger partial charge in [0.2, 0.25) is 0 Å². The molecule has 5 heteroatoms. The Kier molecular flexibility index (Phi) is 5.09. The van der Waals surface area contributed by atoms with Crippen LogP contribution in [0.1, 0.15) is 42.1 Å². The van der Waals surface area contributed by atoms with Crippen LogP contribution in [0.4, 0.5) is 11.5 Å². The van der Waals surface area contributed by atoms with Crippen molar-refractivity contribution in [3.63, 3.8) is 0 Å². The molecule has 0 spiro atoms. The fraction of sp³-hybridized carbons (Fsp3) is 0.353. The van der Waals surface area contributed by atoms with Crippen LogP contribution >= 0.6 is 0 Å². The molecule has 0 aliphatic carbocycles. The second kappa shape index (κ2) is 7.02. The van der Waals surface area contributed by atoms with Crippen molar-refractivity contribution in [3.8, 4) is 0 Å². The normalized spacial score (nSPS) is 11.8. The van der Waals surface area contributed by atoms with Crippen molar-refractivity contribution >= 4 is 17.4 Å². The molecule has 5 nitrogen and oxygen atoms in total. The molecule has 2 rings (SSSR count). The molecule has 2 aromatic rings. The number of rotatable bonds is 5. The number of hydrogen-bond acceptors (Lipinski definition) is 4. The van der Waals surface area contributed by atoms with Crippen LogP contribution in [-0.4, -0.2) is 21.9 Å². The van der Waals surface area contributed by atoms with E-state index in [-0.39, 0.29) is 5.91 Å². The summed E-state index contributed by atoms with van der Waals surface area (Å²) in [5.41, 5.74) is 2.26. The minimum atomic E-state index is -0.235. The van der Waals surface area contributed by atoms with Gasteiger partial charge in [-0.25, -0.2) is 9.97 Å². The van der Waals surface area contributed by atoms with Crippen LogP contribution in [-0.2, 0) is 0 Å². The number of aryl methyl sites for hydroxylation is 2. The van der Waals surface area contributed by atoms with Gasteiger partial charge in [-0.3, -0.25) is 4.79 Å². The van der Waals surface area contributed by atoms with E-state index in [0.717, 1.165) is 17.7 Å². The van der Waals surface area contributed by atoms with Gasteiger partial charge in [0.05, 0.1) is 0 Å². The maximum Gasteiger partial charge on any atom is 0.274 e. The van der Waals surface area contributed by atoms with Gasteiger partial charge in [0.15, 0.2) is 0 Å². The van der Waals surface area contributed by atoms with Crippen molar-refractivity contribution in [2.24, 2.45) is 0 Å². The highest BCUT2D eigenvalue weighted by Gasteiger charge is 2.11. The highest BCUT2D eigenvalue weighted by Crippen LogP contribution is 2.13. The summed E-state index contributed by atoms with van der Waals surface area (Å²) >= 11 is 0. The number of nitrogens with one attached hydrogen (secondary N) is 2. The summed E-state index contributed by atoms with van der Waals surface area (Å²) in [5.74, 6) is 1.01. The average molecular weight is 298 g/mol. The molecular weight excluding hydrogens is 276 g/mol. The lowest BCUT2D eigenvalue weighted by atomic mass is 10.2. The van der Waals surface area contributed by atoms with Crippen molar-refractivity contribution in [1.82, 2.24) is 9.97 Å². The van der Waals surface area contributed by atoms with Crippen molar-refractivity contribution in [2.45, 2.75) is 40.2 Å². The second-order valence-electron chi connectivity index (χ2n) is 5.46. The molecule has 1 amide bonds. The molecule has 1 aromatic heterocycles. The van der Waals surface area contributed by atoms with Crippen LogP contribution in [0.25, 0.3) is 0 Å². The lowest BCUT2D eigenvalue weighted by Gasteiger charge is -2.13. The maximum absolute atomic E-state index is 12.3. The van der Waals surface area contributed by atoms with Gasteiger partial charge in [-0.2, -0.15) is 0 Å². The van der Waals surface area contributed by atoms with Crippen LogP contribution in [0.2, 0.25) is 0 Å². The number of carbonyl (C=O) groups excluding carboxylic acids is 1. The smallest absolute Gasteiger partial charge is 0.274 e. The number of amides is 1. The monoisotopic (exact) mass is 298 g/mol. The van der Waals surface area contributed by atoms with Gasteiger partial charge in [0.1, 0.15) is 17.3 Å².